The van der Waals surface area contributed by atoms with Crippen LogP contribution in [0.25, 0.3) is 0 Å². The molecule has 2 atom stereocenters. The van der Waals surface area contributed by atoms with Crippen LogP contribution in [0, 0.1) is 13.8 Å². The van der Waals surface area contributed by atoms with Gasteiger partial charge in [-0.25, -0.2) is 0 Å². The number of ether oxygens (including phenoxy) is 1. The van der Waals surface area contributed by atoms with Gasteiger partial charge < -0.3 is 9.84 Å². The molecule has 3 heteroatoms. The van der Waals surface area contributed by atoms with Crippen LogP contribution < -0.4 is 0 Å². The van der Waals surface area contributed by atoms with Gasteiger partial charge in [0.15, 0.2) is 0 Å². The molecule has 0 aliphatic carbocycles. The van der Waals surface area contributed by atoms with Crippen molar-refractivity contribution in [3.8, 4) is 0 Å². The Hall–Kier alpha value is -2.46. The molecule has 1 aliphatic heterocycles. The van der Waals surface area contributed by atoms with E-state index in [0.717, 1.165) is 44.3 Å². The number of aliphatic hydroxyl groups is 1. The third kappa shape index (κ3) is 6.34. The number of benzene rings is 3. The average Bonchev–Trinajstić information content (AvgIpc) is 2.88. The lowest BCUT2D eigenvalue weighted by molar-refractivity contribution is -0.147. The zero-order valence-electron chi connectivity index (χ0n) is 23.6. The van der Waals surface area contributed by atoms with Crippen molar-refractivity contribution in [1.29, 1.82) is 0 Å². The van der Waals surface area contributed by atoms with E-state index >= 15 is 0 Å². The summed E-state index contributed by atoms with van der Waals surface area (Å²) in [6.45, 7) is 14.8. The Morgan fingerprint density at radius 2 is 1.54 bits per heavy atom. The maximum absolute atomic E-state index is 12.0. The molecule has 0 radical (unpaired) electrons. The van der Waals surface area contributed by atoms with Gasteiger partial charge in [0.1, 0.15) is 11.8 Å². The lowest BCUT2D eigenvalue weighted by Crippen LogP contribution is -2.51. The summed E-state index contributed by atoms with van der Waals surface area (Å²) in [6.07, 6.45) is 3.52. The number of piperidine rings is 1. The van der Waals surface area contributed by atoms with Crippen molar-refractivity contribution in [2.75, 3.05) is 13.1 Å². The van der Waals surface area contributed by atoms with Gasteiger partial charge in [-0.3, -0.25) is 4.90 Å². The molecular formula is C34H45NO2. The fraction of sp³-hybridized carbons (Fsp3) is 0.471. The zero-order valence-corrected chi connectivity index (χ0v) is 23.6. The molecule has 3 aromatic carbocycles. The van der Waals surface area contributed by atoms with Gasteiger partial charge in [-0.05, 0) is 66.3 Å². The summed E-state index contributed by atoms with van der Waals surface area (Å²) in [5.74, 6) is 0. The number of hydrogen-bond acceptors (Lipinski definition) is 3. The highest BCUT2D eigenvalue weighted by molar-refractivity contribution is 5.37. The van der Waals surface area contributed by atoms with Crippen molar-refractivity contribution in [3.63, 3.8) is 0 Å². The van der Waals surface area contributed by atoms with Crippen LogP contribution in [-0.2, 0) is 15.9 Å². The normalized spacial score (nSPS) is 17.9. The third-order valence-electron chi connectivity index (χ3n) is 7.92. The fourth-order valence-corrected chi connectivity index (χ4v) is 5.67. The minimum Gasteiger partial charge on any atom is -0.371 e. The standard InChI is InChI=1S/C34H45NO2/c1-7-21-34(36,29-17-15-28(16-18-29)33(4,5)6)35-22-19-30(20-23-35)37-32(27-13-10-11-25(2)24-27)31-14-9-8-12-26(31)3/h8-18,24,30,32,36H,7,19-23H2,1-6H3. The lowest BCUT2D eigenvalue weighted by atomic mass is 9.85. The summed E-state index contributed by atoms with van der Waals surface area (Å²) < 4.78 is 6.87. The topological polar surface area (TPSA) is 32.7 Å². The largest absolute Gasteiger partial charge is 0.371 e. The van der Waals surface area contributed by atoms with E-state index in [1.54, 1.807) is 0 Å². The summed E-state index contributed by atoms with van der Waals surface area (Å²) >= 11 is 0. The van der Waals surface area contributed by atoms with Gasteiger partial charge in [0, 0.05) is 13.1 Å². The Bertz CT molecular complexity index is 1150. The molecule has 0 spiro atoms. The lowest BCUT2D eigenvalue weighted by Gasteiger charge is -2.44. The van der Waals surface area contributed by atoms with Crippen molar-refractivity contribution in [3.05, 3.63) is 106 Å². The van der Waals surface area contributed by atoms with E-state index in [4.69, 9.17) is 4.74 Å². The number of rotatable bonds is 8. The van der Waals surface area contributed by atoms with E-state index < -0.39 is 5.72 Å². The van der Waals surface area contributed by atoms with Crippen LogP contribution in [0.1, 0.15) is 92.9 Å². The SMILES string of the molecule is CCCC(O)(c1ccc(C(C)(C)C)cc1)N1CCC(OC(c2cccc(C)c2)c2ccccc2C)CC1. The van der Waals surface area contributed by atoms with Crippen LogP contribution in [0.4, 0.5) is 0 Å². The molecule has 1 aliphatic rings. The number of nitrogens with zero attached hydrogens (tertiary/aromatic N) is 1. The summed E-state index contributed by atoms with van der Waals surface area (Å²) in [6, 6.07) is 25.9. The van der Waals surface area contributed by atoms with E-state index in [2.05, 4.69) is 119 Å². The smallest absolute Gasteiger partial charge is 0.144 e. The monoisotopic (exact) mass is 499 g/mol. The number of hydrogen-bond donors (Lipinski definition) is 1. The first-order valence-electron chi connectivity index (χ1n) is 14.0. The van der Waals surface area contributed by atoms with Crippen LogP contribution in [0.15, 0.2) is 72.8 Å². The first-order valence-corrected chi connectivity index (χ1v) is 14.0. The van der Waals surface area contributed by atoms with Gasteiger partial charge >= 0.3 is 0 Å². The van der Waals surface area contributed by atoms with Crippen LogP contribution in [0.3, 0.4) is 0 Å². The second-order valence-corrected chi connectivity index (χ2v) is 11.9. The Morgan fingerprint density at radius 3 is 2.14 bits per heavy atom. The van der Waals surface area contributed by atoms with Crippen molar-refractivity contribution < 1.29 is 9.84 Å². The summed E-state index contributed by atoms with van der Waals surface area (Å²) in [4.78, 5) is 2.28. The van der Waals surface area contributed by atoms with Gasteiger partial charge in [-0.15, -0.1) is 0 Å². The van der Waals surface area contributed by atoms with Crippen LogP contribution in [-0.4, -0.2) is 29.2 Å². The molecule has 1 saturated heterocycles. The minimum absolute atomic E-state index is 0.0860. The molecule has 0 saturated carbocycles. The Kier molecular flexibility index (Phi) is 8.58. The highest BCUT2D eigenvalue weighted by Gasteiger charge is 2.38. The third-order valence-corrected chi connectivity index (χ3v) is 7.92. The first-order chi connectivity index (χ1) is 17.6. The minimum atomic E-state index is -0.942. The molecule has 1 heterocycles. The van der Waals surface area contributed by atoms with Gasteiger partial charge in [0.05, 0.1) is 6.10 Å². The summed E-state index contributed by atoms with van der Waals surface area (Å²) in [7, 11) is 0. The fourth-order valence-electron chi connectivity index (χ4n) is 5.67. The molecule has 4 rings (SSSR count). The van der Waals surface area contributed by atoms with E-state index in [9.17, 15) is 5.11 Å². The summed E-state index contributed by atoms with van der Waals surface area (Å²) in [5, 5.41) is 12.0. The van der Waals surface area contributed by atoms with E-state index in [1.165, 1.54) is 27.8 Å². The van der Waals surface area contributed by atoms with Crippen LogP contribution >= 0.6 is 0 Å². The van der Waals surface area contributed by atoms with Gasteiger partial charge in [-0.1, -0.05) is 112 Å². The van der Waals surface area contributed by atoms with Crippen LogP contribution in [0.5, 0.6) is 0 Å². The van der Waals surface area contributed by atoms with E-state index in [-0.39, 0.29) is 17.6 Å². The maximum atomic E-state index is 12.0. The van der Waals surface area contributed by atoms with Crippen molar-refractivity contribution in [2.24, 2.45) is 0 Å². The zero-order chi connectivity index (χ0) is 26.6. The van der Waals surface area contributed by atoms with Crippen molar-refractivity contribution in [2.45, 2.75) is 90.6 Å². The first kappa shape index (κ1) is 27.6. The molecule has 1 N–H and O–H groups in total. The van der Waals surface area contributed by atoms with Crippen LogP contribution in [0.2, 0.25) is 0 Å². The van der Waals surface area contributed by atoms with E-state index in [0.29, 0.717) is 0 Å². The summed E-state index contributed by atoms with van der Waals surface area (Å²) in [5.41, 5.74) is 6.39. The predicted molar refractivity (Wildman–Crippen MR) is 154 cm³/mol. The highest BCUT2D eigenvalue weighted by atomic mass is 16.5. The second-order valence-electron chi connectivity index (χ2n) is 11.9. The van der Waals surface area contributed by atoms with Gasteiger partial charge in [0.2, 0.25) is 0 Å². The quantitative estimate of drug-likeness (QED) is 0.343. The molecule has 1 fully saturated rings. The molecule has 0 aromatic heterocycles. The number of likely N-dealkylation sites (tertiary alicyclic amines) is 1. The Balaban J connectivity index is 1.51. The molecular weight excluding hydrogens is 454 g/mol. The molecule has 0 amide bonds. The Morgan fingerprint density at radius 1 is 0.892 bits per heavy atom. The molecule has 3 nitrogen and oxygen atoms in total. The molecule has 3 aromatic rings. The highest BCUT2D eigenvalue weighted by Crippen LogP contribution is 2.37. The number of aryl methyl sites for hydroxylation is 2. The molecule has 2 unspecified atom stereocenters. The molecule has 0 bridgehead atoms. The van der Waals surface area contributed by atoms with Gasteiger partial charge in [-0.2, -0.15) is 0 Å². The van der Waals surface area contributed by atoms with Gasteiger partial charge in [0.25, 0.3) is 0 Å². The van der Waals surface area contributed by atoms with Crippen molar-refractivity contribution >= 4 is 0 Å². The van der Waals surface area contributed by atoms with Crippen molar-refractivity contribution in [1.82, 2.24) is 4.90 Å². The molecule has 37 heavy (non-hydrogen) atoms. The molecule has 198 valence electrons. The second kappa shape index (κ2) is 11.5. The maximum Gasteiger partial charge on any atom is 0.144 e. The Labute approximate surface area is 224 Å². The average molecular weight is 500 g/mol. The van der Waals surface area contributed by atoms with E-state index in [1.807, 2.05) is 0 Å². The predicted octanol–water partition coefficient (Wildman–Crippen LogP) is 7.82.